The zero-order valence-electron chi connectivity index (χ0n) is 8.03. The average molecular weight is 200 g/mol. The van der Waals surface area contributed by atoms with Crippen LogP contribution in [-0.4, -0.2) is 22.7 Å². The quantitative estimate of drug-likeness (QED) is 0.758. The first-order valence-electron chi connectivity index (χ1n) is 4.51. The summed E-state index contributed by atoms with van der Waals surface area (Å²) in [6.07, 6.45) is 2.37. The molecule has 0 saturated heterocycles. The molecule has 2 N–H and O–H groups in total. The summed E-state index contributed by atoms with van der Waals surface area (Å²) in [5.74, 6) is 0. The van der Waals surface area contributed by atoms with Crippen LogP contribution in [0.5, 0.6) is 0 Å². The van der Waals surface area contributed by atoms with E-state index in [9.17, 15) is 0 Å². The van der Waals surface area contributed by atoms with Gasteiger partial charge in [-0.2, -0.15) is 0 Å². The van der Waals surface area contributed by atoms with Crippen LogP contribution in [-0.2, 0) is 0 Å². The first-order valence-corrected chi connectivity index (χ1v) is 5.39. The van der Waals surface area contributed by atoms with Crippen LogP contribution in [0.2, 0.25) is 0 Å². The first kappa shape index (κ1) is 10.6. The van der Waals surface area contributed by atoms with Crippen molar-refractivity contribution in [2.75, 3.05) is 6.54 Å². The van der Waals surface area contributed by atoms with Crippen LogP contribution in [0, 0.1) is 0 Å². The van der Waals surface area contributed by atoms with Crippen molar-refractivity contribution >= 4 is 11.3 Å². The monoisotopic (exact) mass is 200 g/mol. The SMILES string of the molecule is C[C@H](O)CCN[C@@H](C)c1nccs1. The van der Waals surface area contributed by atoms with E-state index < -0.39 is 0 Å². The molecule has 74 valence electrons. The molecule has 0 aromatic carbocycles. The molecule has 0 radical (unpaired) electrons. The van der Waals surface area contributed by atoms with Gasteiger partial charge in [-0.1, -0.05) is 0 Å². The smallest absolute Gasteiger partial charge is 0.109 e. The largest absolute Gasteiger partial charge is 0.393 e. The summed E-state index contributed by atoms with van der Waals surface area (Å²) in [5, 5.41) is 15.4. The van der Waals surface area contributed by atoms with E-state index in [0.29, 0.717) is 6.04 Å². The highest BCUT2D eigenvalue weighted by molar-refractivity contribution is 7.09. The summed E-state index contributed by atoms with van der Waals surface area (Å²) in [7, 11) is 0. The van der Waals surface area contributed by atoms with Crippen molar-refractivity contribution in [3.63, 3.8) is 0 Å². The zero-order valence-corrected chi connectivity index (χ0v) is 8.84. The van der Waals surface area contributed by atoms with E-state index in [1.807, 2.05) is 11.6 Å². The van der Waals surface area contributed by atoms with Gasteiger partial charge < -0.3 is 10.4 Å². The summed E-state index contributed by atoms with van der Waals surface area (Å²) in [6.45, 7) is 4.72. The second-order valence-corrected chi connectivity index (χ2v) is 4.11. The van der Waals surface area contributed by atoms with Crippen LogP contribution in [0.1, 0.15) is 31.3 Å². The van der Waals surface area contributed by atoms with Gasteiger partial charge in [0, 0.05) is 11.6 Å². The van der Waals surface area contributed by atoms with Gasteiger partial charge in [-0.15, -0.1) is 11.3 Å². The molecule has 0 aliphatic carbocycles. The fraction of sp³-hybridized carbons (Fsp3) is 0.667. The van der Waals surface area contributed by atoms with Crippen LogP contribution < -0.4 is 5.32 Å². The van der Waals surface area contributed by atoms with Gasteiger partial charge in [0.25, 0.3) is 0 Å². The minimum atomic E-state index is -0.226. The van der Waals surface area contributed by atoms with E-state index in [1.165, 1.54) is 0 Å². The zero-order chi connectivity index (χ0) is 9.68. The molecular formula is C9H16N2OS. The second kappa shape index (κ2) is 5.32. The topological polar surface area (TPSA) is 45.1 Å². The van der Waals surface area contributed by atoms with Crippen LogP contribution in [0.3, 0.4) is 0 Å². The third-order valence-corrected chi connectivity index (χ3v) is 2.79. The lowest BCUT2D eigenvalue weighted by Gasteiger charge is -2.11. The third kappa shape index (κ3) is 3.85. The molecule has 1 heterocycles. The van der Waals surface area contributed by atoms with Gasteiger partial charge in [-0.05, 0) is 26.8 Å². The van der Waals surface area contributed by atoms with Crippen molar-refractivity contribution < 1.29 is 5.11 Å². The Morgan fingerprint density at radius 2 is 2.38 bits per heavy atom. The Morgan fingerprint density at radius 1 is 1.62 bits per heavy atom. The van der Waals surface area contributed by atoms with Crippen molar-refractivity contribution in [3.8, 4) is 0 Å². The summed E-state index contributed by atoms with van der Waals surface area (Å²) in [4.78, 5) is 4.21. The highest BCUT2D eigenvalue weighted by atomic mass is 32.1. The van der Waals surface area contributed by atoms with Gasteiger partial charge in [0.15, 0.2) is 0 Å². The minimum absolute atomic E-state index is 0.226. The Hall–Kier alpha value is -0.450. The van der Waals surface area contributed by atoms with Gasteiger partial charge in [0.1, 0.15) is 5.01 Å². The van der Waals surface area contributed by atoms with Gasteiger partial charge in [-0.25, -0.2) is 4.98 Å². The predicted molar refractivity (Wildman–Crippen MR) is 54.8 cm³/mol. The molecule has 0 bridgehead atoms. The van der Waals surface area contributed by atoms with Crippen LogP contribution in [0.4, 0.5) is 0 Å². The van der Waals surface area contributed by atoms with Crippen molar-refractivity contribution in [2.24, 2.45) is 0 Å². The number of hydrogen-bond acceptors (Lipinski definition) is 4. The number of aromatic nitrogens is 1. The molecule has 1 rings (SSSR count). The van der Waals surface area contributed by atoms with Gasteiger partial charge >= 0.3 is 0 Å². The standard InChI is InChI=1S/C9H16N2OS/c1-7(12)3-4-10-8(2)9-11-5-6-13-9/h5-8,10,12H,3-4H2,1-2H3/t7-,8-/m0/s1. The van der Waals surface area contributed by atoms with E-state index >= 15 is 0 Å². The van der Waals surface area contributed by atoms with Crippen molar-refractivity contribution in [1.29, 1.82) is 0 Å². The molecule has 3 nitrogen and oxygen atoms in total. The summed E-state index contributed by atoms with van der Waals surface area (Å²) in [6, 6.07) is 0.291. The number of nitrogens with one attached hydrogen (secondary N) is 1. The van der Waals surface area contributed by atoms with Crippen LogP contribution >= 0.6 is 11.3 Å². The lowest BCUT2D eigenvalue weighted by atomic mass is 10.2. The second-order valence-electron chi connectivity index (χ2n) is 3.18. The maximum atomic E-state index is 9.04. The lowest BCUT2D eigenvalue weighted by molar-refractivity contribution is 0.182. The molecule has 0 fully saturated rings. The Balaban J connectivity index is 2.22. The normalized spacial score (nSPS) is 15.6. The molecule has 0 aliphatic heterocycles. The van der Waals surface area contributed by atoms with Crippen molar-refractivity contribution in [3.05, 3.63) is 16.6 Å². The molecular weight excluding hydrogens is 184 g/mol. The molecule has 4 heteroatoms. The molecule has 1 aromatic heterocycles. The summed E-state index contributed by atoms with van der Waals surface area (Å²) >= 11 is 1.65. The van der Waals surface area contributed by atoms with Gasteiger partial charge in [0.05, 0.1) is 12.1 Å². The maximum absolute atomic E-state index is 9.04. The molecule has 2 atom stereocenters. The van der Waals surface area contributed by atoms with E-state index in [0.717, 1.165) is 18.0 Å². The molecule has 1 aromatic rings. The number of rotatable bonds is 5. The van der Waals surface area contributed by atoms with Crippen LogP contribution in [0.25, 0.3) is 0 Å². The average Bonchev–Trinajstić information content (AvgIpc) is 2.55. The molecule has 13 heavy (non-hydrogen) atoms. The lowest BCUT2D eigenvalue weighted by Crippen LogP contribution is -2.22. The predicted octanol–water partition coefficient (Wildman–Crippen LogP) is 1.56. The molecule has 0 unspecified atom stereocenters. The maximum Gasteiger partial charge on any atom is 0.109 e. The Morgan fingerprint density at radius 3 is 2.92 bits per heavy atom. The van der Waals surface area contributed by atoms with Crippen LogP contribution in [0.15, 0.2) is 11.6 Å². The fourth-order valence-electron chi connectivity index (χ4n) is 1.04. The molecule has 0 saturated carbocycles. The number of thiazole rings is 1. The third-order valence-electron chi connectivity index (χ3n) is 1.83. The van der Waals surface area contributed by atoms with Gasteiger partial charge in [-0.3, -0.25) is 0 Å². The number of nitrogens with zero attached hydrogens (tertiary/aromatic N) is 1. The first-order chi connectivity index (χ1) is 6.20. The number of aliphatic hydroxyl groups is 1. The fourth-order valence-corrected chi connectivity index (χ4v) is 1.71. The Bertz CT molecular complexity index is 224. The minimum Gasteiger partial charge on any atom is -0.393 e. The Labute approximate surface area is 82.8 Å². The molecule has 0 amide bonds. The number of aliphatic hydroxyl groups excluding tert-OH is 1. The van der Waals surface area contributed by atoms with E-state index in [-0.39, 0.29) is 6.10 Å². The van der Waals surface area contributed by atoms with E-state index in [1.54, 1.807) is 18.3 Å². The van der Waals surface area contributed by atoms with E-state index in [2.05, 4.69) is 17.2 Å². The summed E-state index contributed by atoms with van der Waals surface area (Å²) < 4.78 is 0. The van der Waals surface area contributed by atoms with Gasteiger partial charge in [0.2, 0.25) is 0 Å². The highest BCUT2D eigenvalue weighted by Crippen LogP contribution is 2.14. The highest BCUT2D eigenvalue weighted by Gasteiger charge is 2.06. The van der Waals surface area contributed by atoms with Crippen molar-refractivity contribution in [2.45, 2.75) is 32.4 Å². The van der Waals surface area contributed by atoms with E-state index in [4.69, 9.17) is 5.11 Å². The molecule has 0 spiro atoms. The Kier molecular flexibility index (Phi) is 4.35. The number of hydrogen-bond donors (Lipinski definition) is 2. The molecule has 0 aliphatic rings. The van der Waals surface area contributed by atoms with Crippen molar-refractivity contribution in [1.82, 2.24) is 10.3 Å². The summed E-state index contributed by atoms with van der Waals surface area (Å²) in [5.41, 5.74) is 0.